The molecular formula is C16H33NO3. The lowest BCUT2D eigenvalue weighted by atomic mass is 9.95. The minimum atomic E-state index is -0.432. The first-order valence-corrected chi connectivity index (χ1v) is 7.58. The van der Waals surface area contributed by atoms with Crippen LogP contribution in [0.25, 0.3) is 0 Å². The lowest BCUT2D eigenvalue weighted by molar-refractivity contribution is -0.157. The maximum Gasteiger partial charge on any atom is 0.306 e. The molecule has 0 aromatic carbocycles. The Kier molecular flexibility index (Phi) is 7.19. The largest absolute Gasteiger partial charge is 0.460 e. The van der Waals surface area contributed by atoms with E-state index in [0.717, 1.165) is 12.8 Å². The minimum absolute atomic E-state index is 0.174. The molecule has 0 fully saturated rings. The minimum Gasteiger partial charge on any atom is -0.460 e. The molecule has 0 radical (unpaired) electrons. The average molecular weight is 287 g/mol. The molecule has 0 aromatic heterocycles. The Morgan fingerprint density at radius 3 is 2.00 bits per heavy atom. The van der Waals surface area contributed by atoms with Gasteiger partial charge in [0.05, 0.1) is 12.2 Å². The van der Waals surface area contributed by atoms with Crippen molar-refractivity contribution in [2.75, 3.05) is 6.61 Å². The van der Waals surface area contributed by atoms with E-state index in [2.05, 4.69) is 6.92 Å². The molecule has 120 valence electrons. The van der Waals surface area contributed by atoms with Gasteiger partial charge in [-0.1, -0.05) is 13.8 Å². The molecule has 0 aliphatic carbocycles. The number of rotatable bonds is 8. The van der Waals surface area contributed by atoms with Crippen molar-refractivity contribution >= 4 is 5.97 Å². The zero-order valence-electron chi connectivity index (χ0n) is 14.3. The third kappa shape index (κ3) is 8.54. The van der Waals surface area contributed by atoms with E-state index in [-0.39, 0.29) is 17.1 Å². The van der Waals surface area contributed by atoms with Crippen molar-refractivity contribution in [2.45, 2.75) is 90.9 Å². The maximum atomic E-state index is 11.8. The van der Waals surface area contributed by atoms with Gasteiger partial charge in [0, 0.05) is 12.0 Å². The molecule has 0 spiro atoms. The Hall–Kier alpha value is -0.610. The summed E-state index contributed by atoms with van der Waals surface area (Å²) in [6.07, 6.45) is 2.72. The molecule has 0 amide bonds. The van der Waals surface area contributed by atoms with Crippen LogP contribution in [-0.4, -0.2) is 29.3 Å². The summed E-state index contributed by atoms with van der Waals surface area (Å²) < 4.78 is 11.3. The summed E-state index contributed by atoms with van der Waals surface area (Å²) in [6.45, 7) is 14.3. The Morgan fingerprint density at radius 1 is 1.05 bits per heavy atom. The van der Waals surface area contributed by atoms with Gasteiger partial charge in [-0.15, -0.1) is 0 Å². The molecule has 2 N–H and O–H groups in total. The Bertz CT molecular complexity index is 307. The Morgan fingerprint density at radius 2 is 1.60 bits per heavy atom. The molecule has 0 rings (SSSR count). The van der Waals surface area contributed by atoms with Crippen molar-refractivity contribution in [1.82, 2.24) is 0 Å². The van der Waals surface area contributed by atoms with E-state index in [0.29, 0.717) is 19.4 Å². The highest BCUT2D eigenvalue weighted by Gasteiger charge is 2.28. The predicted molar refractivity (Wildman–Crippen MR) is 82.6 cm³/mol. The van der Waals surface area contributed by atoms with Crippen LogP contribution in [-0.2, 0) is 14.3 Å². The molecule has 20 heavy (non-hydrogen) atoms. The van der Waals surface area contributed by atoms with Crippen LogP contribution in [0.4, 0.5) is 0 Å². The van der Waals surface area contributed by atoms with Crippen LogP contribution in [0.2, 0.25) is 0 Å². The second-order valence-corrected chi connectivity index (χ2v) is 7.19. The number of carbonyl (C=O) groups is 1. The number of nitrogens with two attached hydrogens (primary N) is 1. The Balaban J connectivity index is 4.35. The van der Waals surface area contributed by atoms with Gasteiger partial charge in [0.15, 0.2) is 0 Å². The SMILES string of the molecule is CCC(C)(N)COC(C)(CC)CCC(=O)OC(C)(C)C. The molecule has 0 saturated carbocycles. The van der Waals surface area contributed by atoms with Crippen LogP contribution in [0.1, 0.15) is 74.1 Å². The molecular weight excluding hydrogens is 254 g/mol. The first-order valence-electron chi connectivity index (χ1n) is 7.58. The van der Waals surface area contributed by atoms with Crippen LogP contribution in [0.5, 0.6) is 0 Å². The van der Waals surface area contributed by atoms with E-state index in [4.69, 9.17) is 15.2 Å². The topological polar surface area (TPSA) is 61.5 Å². The van der Waals surface area contributed by atoms with Gasteiger partial charge in [0.2, 0.25) is 0 Å². The fourth-order valence-corrected chi connectivity index (χ4v) is 1.55. The zero-order chi connectivity index (χ0) is 16.0. The number of esters is 1. The Labute approximate surface area is 124 Å². The van der Waals surface area contributed by atoms with Gasteiger partial charge in [-0.2, -0.15) is 0 Å². The van der Waals surface area contributed by atoms with Crippen LogP contribution in [0.15, 0.2) is 0 Å². The summed E-state index contributed by atoms with van der Waals surface area (Å²) in [5, 5.41) is 0. The highest BCUT2D eigenvalue weighted by atomic mass is 16.6. The van der Waals surface area contributed by atoms with Gasteiger partial charge in [0.1, 0.15) is 5.60 Å². The van der Waals surface area contributed by atoms with Crippen molar-refractivity contribution in [1.29, 1.82) is 0 Å². The van der Waals surface area contributed by atoms with Crippen LogP contribution in [0, 0.1) is 0 Å². The van der Waals surface area contributed by atoms with Gasteiger partial charge in [-0.25, -0.2) is 0 Å². The van der Waals surface area contributed by atoms with Crippen molar-refractivity contribution in [3.63, 3.8) is 0 Å². The number of carbonyl (C=O) groups excluding carboxylic acids is 1. The quantitative estimate of drug-likeness (QED) is 0.695. The summed E-state index contributed by atoms with van der Waals surface area (Å²) >= 11 is 0. The fourth-order valence-electron chi connectivity index (χ4n) is 1.55. The van der Waals surface area contributed by atoms with E-state index >= 15 is 0 Å². The van der Waals surface area contributed by atoms with E-state index < -0.39 is 5.60 Å². The van der Waals surface area contributed by atoms with Crippen molar-refractivity contribution in [2.24, 2.45) is 5.73 Å². The standard InChI is InChI=1S/C16H33NO3/c1-8-15(6,17)12-19-16(7,9-2)11-10-13(18)20-14(3,4)5/h8-12,17H2,1-7H3. The van der Waals surface area contributed by atoms with Gasteiger partial charge >= 0.3 is 5.97 Å². The molecule has 0 heterocycles. The molecule has 0 saturated heterocycles. The van der Waals surface area contributed by atoms with Crippen molar-refractivity contribution in [3.8, 4) is 0 Å². The lowest BCUT2D eigenvalue weighted by Crippen LogP contribution is -2.44. The number of hydrogen-bond acceptors (Lipinski definition) is 4. The van der Waals surface area contributed by atoms with Gasteiger partial charge in [-0.05, 0) is 53.9 Å². The second kappa shape index (κ2) is 7.41. The van der Waals surface area contributed by atoms with E-state index in [1.807, 2.05) is 41.5 Å². The average Bonchev–Trinajstić information content (AvgIpc) is 2.32. The summed E-state index contributed by atoms with van der Waals surface area (Å²) in [4.78, 5) is 11.8. The van der Waals surface area contributed by atoms with Gasteiger partial charge in [-0.3, -0.25) is 4.79 Å². The molecule has 0 bridgehead atoms. The fraction of sp³-hybridized carbons (Fsp3) is 0.938. The van der Waals surface area contributed by atoms with Gasteiger partial charge < -0.3 is 15.2 Å². The molecule has 0 aliphatic rings. The van der Waals surface area contributed by atoms with Crippen molar-refractivity contribution in [3.05, 3.63) is 0 Å². The highest BCUT2D eigenvalue weighted by molar-refractivity contribution is 5.69. The van der Waals surface area contributed by atoms with E-state index in [9.17, 15) is 4.79 Å². The smallest absolute Gasteiger partial charge is 0.306 e. The van der Waals surface area contributed by atoms with Crippen molar-refractivity contribution < 1.29 is 14.3 Å². The van der Waals surface area contributed by atoms with Gasteiger partial charge in [0.25, 0.3) is 0 Å². The van der Waals surface area contributed by atoms with E-state index in [1.165, 1.54) is 0 Å². The van der Waals surface area contributed by atoms with E-state index in [1.54, 1.807) is 0 Å². The van der Waals surface area contributed by atoms with Crippen LogP contribution < -0.4 is 5.73 Å². The summed E-state index contributed by atoms with van der Waals surface area (Å²) in [5.74, 6) is -0.174. The normalized spacial score (nSPS) is 18.2. The molecule has 4 heteroatoms. The molecule has 0 aliphatic heterocycles. The summed E-state index contributed by atoms with van der Waals surface area (Å²) in [7, 11) is 0. The number of hydrogen-bond donors (Lipinski definition) is 1. The highest BCUT2D eigenvalue weighted by Crippen LogP contribution is 2.24. The molecule has 4 nitrogen and oxygen atoms in total. The predicted octanol–water partition coefficient (Wildman–Crippen LogP) is 3.42. The number of ether oxygens (including phenoxy) is 2. The third-order valence-electron chi connectivity index (χ3n) is 3.58. The summed E-state index contributed by atoms with van der Waals surface area (Å²) in [6, 6.07) is 0. The van der Waals surface area contributed by atoms with Crippen LogP contribution >= 0.6 is 0 Å². The summed E-state index contributed by atoms with van der Waals surface area (Å²) in [5.41, 5.74) is 5.02. The monoisotopic (exact) mass is 287 g/mol. The second-order valence-electron chi connectivity index (χ2n) is 7.19. The third-order valence-corrected chi connectivity index (χ3v) is 3.58. The maximum absolute atomic E-state index is 11.8. The first kappa shape index (κ1) is 19.4. The molecule has 2 unspecified atom stereocenters. The lowest BCUT2D eigenvalue weighted by Gasteiger charge is -2.33. The first-order chi connectivity index (χ1) is 8.93. The zero-order valence-corrected chi connectivity index (χ0v) is 14.3. The molecule has 2 atom stereocenters. The molecule has 0 aromatic rings. The van der Waals surface area contributed by atoms with Crippen LogP contribution in [0.3, 0.4) is 0 Å².